The van der Waals surface area contributed by atoms with Crippen LogP contribution in [0, 0.1) is 19.7 Å². The molecule has 0 unspecified atom stereocenters. The van der Waals surface area contributed by atoms with E-state index in [4.69, 9.17) is 16.3 Å². The highest BCUT2D eigenvalue weighted by atomic mass is 35.5. The number of anilines is 1. The van der Waals surface area contributed by atoms with Crippen molar-refractivity contribution in [1.82, 2.24) is 0 Å². The quantitative estimate of drug-likeness (QED) is 0.444. The summed E-state index contributed by atoms with van der Waals surface area (Å²) in [4.78, 5) is 11.5. The van der Waals surface area contributed by atoms with Gasteiger partial charge in [0.2, 0.25) is 0 Å². The third-order valence-electron chi connectivity index (χ3n) is 5.32. The second-order valence-electron chi connectivity index (χ2n) is 7.37. The Bertz CT molecular complexity index is 1270. The van der Waals surface area contributed by atoms with Gasteiger partial charge in [-0.2, -0.15) is 0 Å². The monoisotopic (exact) mass is 491 g/mol. The average Bonchev–Trinajstić information content (AvgIpc) is 2.76. The van der Waals surface area contributed by atoms with Crippen LogP contribution in [0.1, 0.15) is 34.0 Å². The third kappa shape index (κ3) is 5.12. The van der Waals surface area contributed by atoms with Crippen LogP contribution in [0.3, 0.4) is 0 Å². The van der Waals surface area contributed by atoms with Gasteiger partial charge in [0, 0.05) is 12.1 Å². The molecule has 0 aliphatic heterocycles. The van der Waals surface area contributed by atoms with Gasteiger partial charge in [0.05, 0.1) is 21.2 Å². The third-order valence-corrected chi connectivity index (χ3v) is 7.55. The first-order chi connectivity index (χ1) is 15.6. The molecule has 0 bridgehead atoms. The highest BCUT2D eigenvalue weighted by Crippen LogP contribution is 2.29. The first-order valence-corrected chi connectivity index (χ1v) is 11.9. The Kier molecular flexibility index (Phi) is 7.29. The van der Waals surface area contributed by atoms with Gasteiger partial charge in [0.25, 0.3) is 10.0 Å². The minimum Gasteiger partial charge on any atom is -0.489 e. The smallest absolute Gasteiger partial charge is 0.336 e. The summed E-state index contributed by atoms with van der Waals surface area (Å²) in [5.74, 6) is -1.26. The summed E-state index contributed by atoms with van der Waals surface area (Å²) >= 11 is 6.01. The van der Waals surface area contributed by atoms with Crippen molar-refractivity contribution < 1.29 is 27.4 Å². The van der Waals surface area contributed by atoms with E-state index in [1.165, 1.54) is 28.6 Å². The molecular formula is C24H23ClFNO5S. The van der Waals surface area contributed by atoms with E-state index in [0.29, 0.717) is 22.6 Å². The molecule has 0 aromatic heterocycles. The first kappa shape index (κ1) is 24.5. The Morgan fingerprint density at radius 1 is 1.12 bits per heavy atom. The maximum absolute atomic E-state index is 13.9. The zero-order valence-electron chi connectivity index (χ0n) is 18.3. The highest BCUT2D eigenvalue weighted by molar-refractivity contribution is 7.92. The molecule has 3 rings (SSSR count). The fourth-order valence-electron chi connectivity index (χ4n) is 3.35. The zero-order valence-corrected chi connectivity index (χ0v) is 19.9. The van der Waals surface area contributed by atoms with Gasteiger partial charge in [-0.3, -0.25) is 4.31 Å². The predicted octanol–water partition coefficient (Wildman–Crippen LogP) is 5.59. The van der Waals surface area contributed by atoms with Crippen molar-refractivity contribution in [2.24, 2.45) is 0 Å². The lowest BCUT2D eigenvalue weighted by Crippen LogP contribution is -2.31. The van der Waals surface area contributed by atoms with Crippen LogP contribution < -0.4 is 9.04 Å². The van der Waals surface area contributed by atoms with E-state index < -0.39 is 21.8 Å². The SMILES string of the molecule is CCN(c1ccc(OCc2c(F)cccc2Cl)cc1)S(=O)(=O)c1cc(C)c(C)c(C(=O)O)c1. The van der Waals surface area contributed by atoms with E-state index >= 15 is 0 Å². The zero-order chi connectivity index (χ0) is 24.3. The summed E-state index contributed by atoms with van der Waals surface area (Å²) in [7, 11) is -4.02. The van der Waals surface area contributed by atoms with Gasteiger partial charge >= 0.3 is 5.97 Å². The van der Waals surface area contributed by atoms with Crippen LogP contribution in [-0.4, -0.2) is 26.0 Å². The summed E-state index contributed by atoms with van der Waals surface area (Å²) in [6.07, 6.45) is 0. The fourth-order valence-corrected chi connectivity index (χ4v) is 5.15. The normalized spacial score (nSPS) is 11.3. The average molecular weight is 492 g/mol. The van der Waals surface area contributed by atoms with Gasteiger partial charge in [0.1, 0.15) is 18.2 Å². The topological polar surface area (TPSA) is 83.9 Å². The number of hydrogen-bond donors (Lipinski definition) is 1. The molecule has 0 spiro atoms. The van der Waals surface area contributed by atoms with Gasteiger partial charge < -0.3 is 9.84 Å². The molecule has 0 aliphatic rings. The van der Waals surface area contributed by atoms with E-state index in [2.05, 4.69) is 0 Å². The molecule has 3 aromatic carbocycles. The minimum atomic E-state index is -4.02. The summed E-state index contributed by atoms with van der Waals surface area (Å²) in [6.45, 7) is 5.04. The van der Waals surface area contributed by atoms with Crippen LogP contribution in [0.5, 0.6) is 5.75 Å². The summed E-state index contributed by atoms with van der Waals surface area (Å²) in [5, 5.41) is 9.69. The van der Waals surface area contributed by atoms with E-state index in [9.17, 15) is 22.7 Å². The molecule has 0 saturated carbocycles. The number of aryl methyl sites for hydroxylation is 1. The van der Waals surface area contributed by atoms with E-state index in [0.717, 1.165) is 0 Å². The maximum Gasteiger partial charge on any atom is 0.336 e. The first-order valence-electron chi connectivity index (χ1n) is 10.1. The van der Waals surface area contributed by atoms with E-state index in [1.54, 1.807) is 51.1 Å². The van der Waals surface area contributed by atoms with Crippen LogP contribution in [0.25, 0.3) is 0 Å². The number of carbonyl (C=O) groups is 1. The minimum absolute atomic E-state index is 0.0554. The Hall–Kier alpha value is -3.10. The molecule has 6 nitrogen and oxygen atoms in total. The van der Waals surface area contributed by atoms with Crippen LogP contribution >= 0.6 is 11.6 Å². The highest BCUT2D eigenvalue weighted by Gasteiger charge is 2.26. The lowest BCUT2D eigenvalue weighted by Gasteiger charge is -2.24. The molecule has 1 N–H and O–H groups in total. The molecule has 0 fully saturated rings. The molecule has 0 heterocycles. The van der Waals surface area contributed by atoms with Crippen LogP contribution in [-0.2, 0) is 16.6 Å². The fraction of sp³-hybridized carbons (Fsp3) is 0.208. The molecule has 0 atom stereocenters. The van der Waals surface area contributed by atoms with Gasteiger partial charge in [-0.15, -0.1) is 0 Å². The van der Waals surface area contributed by atoms with E-state index in [1.807, 2.05) is 0 Å². The summed E-state index contributed by atoms with van der Waals surface area (Å²) in [5.41, 5.74) is 1.63. The second kappa shape index (κ2) is 9.80. The summed E-state index contributed by atoms with van der Waals surface area (Å²) < 4.78 is 47.3. The number of nitrogens with zero attached hydrogens (tertiary/aromatic N) is 1. The predicted molar refractivity (Wildman–Crippen MR) is 125 cm³/mol. The van der Waals surface area contributed by atoms with Crippen LogP contribution in [0.2, 0.25) is 5.02 Å². The molecule has 0 aliphatic carbocycles. The van der Waals surface area contributed by atoms with Crippen molar-refractivity contribution in [2.45, 2.75) is 32.3 Å². The lowest BCUT2D eigenvalue weighted by molar-refractivity contribution is 0.0695. The summed E-state index contributed by atoms with van der Waals surface area (Å²) in [6, 6.07) is 13.3. The molecule has 0 saturated heterocycles. The number of sulfonamides is 1. The Labute approximate surface area is 197 Å². The van der Waals surface area contributed by atoms with E-state index in [-0.39, 0.29) is 34.2 Å². The number of aromatic carboxylic acids is 1. The van der Waals surface area contributed by atoms with Crippen LogP contribution in [0.4, 0.5) is 10.1 Å². The van der Waals surface area contributed by atoms with Crippen molar-refractivity contribution in [2.75, 3.05) is 10.8 Å². The van der Waals surface area contributed by atoms with Crippen molar-refractivity contribution in [1.29, 1.82) is 0 Å². The second-order valence-corrected chi connectivity index (χ2v) is 9.64. The van der Waals surface area contributed by atoms with Gasteiger partial charge in [-0.05, 0) is 80.4 Å². The van der Waals surface area contributed by atoms with Crippen molar-refractivity contribution in [3.8, 4) is 5.75 Å². The van der Waals surface area contributed by atoms with Gasteiger partial charge in [-0.1, -0.05) is 17.7 Å². The van der Waals surface area contributed by atoms with Crippen molar-refractivity contribution in [3.05, 3.63) is 87.7 Å². The number of halogens is 2. The Morgan fingerprint density at radius 3 is 2.36 bits per heavy atom. The largest absolute Gasteiger partial charge is 0.489 e. The van der Waals surface area contributed by atoms with Crippen LogP contribution in [0.15, 0.2) is 59.5 Å². The number of carboxylic acid groups (broad SMARTS) is 1. The Morgan fingerprint density at radius 2 is 1.79 bits per heavy atom. The number of hydrogen-bond acceptors (Lipinski definition) is 4. The number of benzene rings is 3. The molecule has 33 heavy (non-hydrogen) atoms. The number of ether oxygens (including phenoxy) is 1. The Balaban J connectivity index is 1.87. The standard InChI is InChI=1S/C24H23ClFNO5S/c1-4-27(33(30,31)19-12-15(2)16(3)20(13-19)24(28)29)17-8-10-18(11-9-17)32-14-21-22(25)6-5-7-23(21)26/h5-13H,4,14H2,1-3H3,(H,28,29). The lowest BCUT2D eigenvalue weighted by atomic mass is 10.0. The maximum atomic E-state index is 13.9. The van der Waals surface area contributed by atoms with Crippen molar-refractivity contribution in [3.63, 3.8) is 0 Å². The molecule has 0 radical (unpaired) electrons. The number of rotatable bonds is 8. The van der Waals surface area contributed by atoms with Gasteiger partial charge in [0.15, 0.2) is 0 Å². The molecule has 3 aromatic rings. The number of carboxylic acids is 1. The molecular weight excluding hydrogens is 469 g/mol. The molecule has 174 valence electrons. The van der Waals surface area contributed by atoms with Gasteiger partial charge in [-0.25, -0.2) is 17.6 Å². The molecule has 9 heteroatoms. The molecule has 0 amide bonds. The van der Waals surface area contributed by atoms with Crippen molar-refractivity contribution >= 4 is 33.3 Å².